The van der Waals surface area contributed by atoms with Gasteiger partial charge in [-0.15, -0.1) is 4.65 Å². The van der Waals surface area contributed by atoms with Crippen LogP contribution in [-0.2, 0) is 30.3 Å². The second-order valence-electron chi connectivity index (χ2n) is 6.03. The van der Waals surface area contributed by atoms with E-state index in [2.05, 4.69) is 0 Å². The summed E-state index contributed by atoms with van der Waals surface area (Å²) in [6.45, 7) is 1.34. The number of ether oxygens (including phenoxy) is 2. The van der Waals surface area contributed by atoms with Crippen molar-refractivity contribution in [2.45, 2.75) is 12.8 Å². The van der Waals surface area contributed by atoms with E-state index in [-0.39, 0.29) is 23.6 Å². The lowest BCUT2D eigenvalue weighted by Gasteiger charge is -2.29. The molecule has 2 atom stereocenters. The number of primary amides is 1. The van der Waals surface area contributed by atoms with Gasteiger partial charge in [0.2, 0.25) is 5.91 Å². The van der Waals surface area contributed by atoms with E-state index in [1.807, 2.05) is 30.3 Å². The van der Waals surface area contributed by atoms with Crippen LogP contribution < -0.4 is 5.73 Å². The summed E-state index contributed by atoms with van der Waals surface area (Å²) in [6.07, 6.45) is 0.432. The van der Waals surface area contributed by atoms with Crippen molar-refractivity contribution in [3.63, 3.8) is 0 Å². The molecule has 1 aromatic rings. The maximum atomic E-state index is 12.8. The zero-order valence-corrected chi connectivity index (χ0v) is 15.3. The van der Waals surface area contributed by atoms with Crippen LogP contribution >= 0.6 is 0 Å². The summed E-state index contributed by atoms with van der Waals surface area (Å²) in [5, 5.41) is 0. The largest absolute Gasteiger partial charge is 0.382 e. The number of likely N-dealkylation sites (N-methyl/N-ethyl adjacent to an activating group) is 1. The van der Waals surface area contributed by atoms with Gasteiger partial charge >= 0.3 is 5.91 Å². The molecule has 0 spiro atoms. The molecule has 1 rings (SSSR count). The highest BCUT2D eigenvalue weighted by Crippen LogP contribution is 2.17. The lowest BCUT2D eigenvalue weighted by Crippen LogP contribution is -2.52. The Hall–Kier alpha value is -1.80. The van der Waals surface area contributed by atoms with Gasteiger partial charge in [-0.2, -0.15) is 4.84 Å². The standard InChI is InChI=1S/C18H28N2O5/c1-20(9-10-23-2,25-12-11-24-3)17(21)14-16(18(19)22)13-15-7-5-4-6-8-15/h4-8,16H,9-14H2,1-3H3,(H-,19,22)/p+1/t16-,20?/m1/s1. The van der Waals surface area contributed by atoms with E-state index in [4.69, 9.17) is 20.0 Å². The Kier molecular flexibility index (Phi) is 9.30. The lowest BCUT2D eigenvalue weighted by atomic mass is 9.95. The number of hydroxylamine groups is 3. The van der Waals surface area contributed by atoms with E-state index in [0.29, 0.717) is 26.2 Å². The molecule has 1 unspecified atom stereocenters. The van der Waals surface area contributed by atoms with Crippen molar-refractivity contribution in [1.29, 1.82) is 0 Å². The van der Waals surface area contributed by atoms with Gasteiger partial charge in [-0.25, -0.2) is 4.79 Å². The van der Waals surface area contributed by atoms with Crippen LogP contribution in [0.25, 0.3) is 0 Å². The van der Waals surface area contributed by atoms with Gasteiger partial charge in [0.15, 0.2) is 0 Å². The molecular weight excluding hydrogens is 324 g/mol. The Labute approximate surface area is 149 Å². The maximum Gasteiger partial charge on any atom is 0.346 e. The van der Waals surface area contributed by atoms with Gasteiger partial charge in [-0.1, -0.05) is 30.3 Å². The van der Waals surface area contributed by atoms with E-state index in [1.54, 1.807) is 21.3 Å². The van der Waals surface area contributed by atoms with Crippen LogP contribution in [0.5, 0.6) is 0 Å². The first-order chi connectivity index (χ1) is 11.9. The number of benzene rings is 1. The van der Waals surface area contributed by atoms with Gasteiger partial charge in [-0.05, 0) is 12.0 Å². The summed E-state index contributed by atoms with van der Waals surface area (Å²) < 4.78 is 9.76. The van der Waals surface area contributed by atoms with Crippen molar-refractivity contribution >= 4 is 11.8 Å². The van der Waals surface area contributed by atoms with Crippen LogP contribution in [0.15, 0.2) is 30.3 Å². The van der Waals surface area contributed by atoms with Gasteiger partial charge in [0.1, 0.15) is 20.2 Å². The van der Waals surface area contributed by atoms with Gasteiger partial charge in [0.05, 0.1) is 25.6 Å². The average Bonchev–Trinajstić information content (AvgIpc) is 2.60. The molecule has 140 valence electrons. The molecule has 0 aliphatic rings. The molecule has 2 amide bonds. The van der Waals surface area contributed by atoms with E-state index in [0.717, 1.165) is 5.56 Å². The van der Waals surface area contributed by atoms with Crippen LogP contribution in [0.4, 0.5) is 0 Å². The molecule has 1 aromatic carbocycles. The third kappa shape index (κ3) is 7.31. The third-order valence-corrected chi connectivity index (χ3v) is 4.06. The summed E-state index contributed by atoms with van der Waals surface area (Å²) in [6, 6.07) is 9.50. The topological polar surface area (TPSA) is 87.8 Å². The van der Waals surface area contributed by atoms with E-state index >= 15 is 0 Å². The minimum absolute atomic E-state index is 0.0113. The third-order valence-electron chi connectivity index (χ3n) is 4.06. The molecule has 7 heteroatoms. The van der Waals surface area contributed by atoms with Crippen molar-refractivity contribution in [3.05, 3.63) is 35.9 Å². The second-order valence-corrected chi connectivity index (χ2v) is 6.03. The van der Waals surface area contributed by atoms with Gasteiger partial charge < -0.3 is 15.2 Å². The number of hydrogen-bond donors (Lipinski definition) is 1. The lowest BCUT2D eigenvalue weighted by molar-refractivity contribution is -1.03. The van der Waals surface area contributed by atoms with E-state index < -0.39 is 11.8 Å². The van der Waals surface area contributed by atoms with Crippen LogP contribution in [0.3, 0.4) is 0 Å². The second kappa shape index (κ2) is 10.9. The highest BCUT2D eigenvalue weighted by molar-refractivity contribution is 5.82. The number of amides is 2. The predicted octanol–water partition coefficient (Wildman–Crippen LogP) is 0.918. The fourth-order valence-electron chi connectivity index (χ4n) is 2.42. The maximum absolute atomic E-state index is 12.8. The molecule has 0 aliphatic carbocycles. The fraction of sp³-hybridized carbons (Fsp3) is 0.556. The first-order valence-corrected chi connectivity index (χ1v) is 8.27. The van der Waals surface area contributed by atoms with Crippen molar-refractivity contribution in [3.8, 4) is 0 Å². The first kappa shape index (κ1) is 21.2. The minimum Gasteiger partial charge on any atom is -0.382 e. The molecule has 0 fully saturated rings. The van der Waals surface area contributed by atoms with Crippen molar-refractivity contribution in [1.82, 2.24) is 0 Å². The zero-order valence-electron chi connectivity index (χ0n) is 15.3. The Bertz CT molecular complexity index is 538. The molecule has 7 nitrogen and oxygen atoms in total. The molecule has 0 bridgehead atoms. The SMILES string of the molecule is COCCO[N+](C)(CCOC)C(=O)C[C@@H](Cc1ccccc1)C(N)=O. The summed E-state index contributed by atoms with van der Waals surface area (Å²) in [5.74, 6) is -1.29. The molecule has 0 aliphatic heterocycles. The Morgan fingerprint density at radius 3 is 2.28 bits per heavy atom. The zero-order chi connectivity index (χ0) is 18.7. The number of methoxy groups -OCH3 is 2. The Morgan fingerprint density at radius 2 is 1.72 bits per heavy atom. The van der Waals surface area contributed by atoms with Crippen molar-refractivity contribution in [2.24, 2.45) is 11.7 Å². The molecule has 0 heterocycles. The van der Waals surface area contributed by atoms with Crippen LogP contribution in [0.1, 0.15) is 12.0 Å². The molecule has 0 radical (unpaired) electrons. The predicted molar refractivity (Wildman–Crippen MR) is 93.2 cm³/mol. The first-order valence-electron chi connectivity index (χ1n) is 8.27. The van der Waals surface area contributed by atoms with Crippen LogP contribution in [-0.4, -0.2) is 64.1 Å². The number of nitrogens with zero attached hydrogens (tertiary/aromatic N) is 1. The normalized spacial score (nSPS) is 14.7. The fourth-order valence-corrected chi connectivity index (χ4v) is 2.42. The molecular formula is C18H29N2O5+. The molecule has 0 saturated carbocycles. The number of carbonyl (C=O) groups excluding carboxylic acids is 2. The molecule has 2 N–H and O–H groups in total. The number of hydrogen-bond acceptors (Lipinski definition) is 5. The number of nitrogens with two attached hydrogens (primary N) is 1. The highest BCUT2D eigenvalue weighted by atomic mass is 16.7. The van der Waals surface area contributed by atoms with Gasteiger partial charge in [-0.3, -0.25) is 4.79 Å². The Balaban J connectivity index is 2.80. The molecule has 0 saturated heterocycles. The van der Waals surface area contributed by atoms with Crippen LogP contribution in [0.2, 0.25) is 0 Å². The van der Waals surface area contributed by atoms with E-state index in [1.165, 1.54) is 0 Å². The smallest absolute Gasteiger partial charge is 0.346 e. The van der Waals surface area contributed by atoms with Gasteiger partial charge in [0.25, 0.3) is 0 Å². The number of quaternary nitrogens is 1. The van der Waals surface area contributed by atoms with Gasteiger partial charge in [0, 0.05) is 14.2 Å². The summed E-state index contributed by atoms with van der Waals surface area (Å²) >= 11 is 0. The Morgan fingerprint density at radius 1 is 1.08 bits per heavy atom. The number of carbonyl (C=O) groups is 2. The van der Waals surface area contributed by atoms with Crippen molar-refractivity contribution in [2.75, 3.05) is 47.6 Å². The average molecular weight is 353 g/mol. The quantitative estimate of drug-likeness (QED) is 0.343. The van der Waals surface area contributed by atoms with E-state index in [9.17, 15) is 9.59 Å². The summed E-state index contributed by atoms with van der Waals surface area (Å²) in [7, 11) is 4.79. The van der Waals surface area contributed by atoms with Crippen LogP contribution in [0, 0.1) is 5.92 Å². The highest BCUT2D eigenvalue weighted by Gasteiger charge is 2.37. The minimum atomic E-state index is -0.582. The van der Waals surface area contributed by atoms with Crippen molar-refractivity contribution < 1.29 is 28.5 Å². The molecule has 0 aromatic heterocycles. The number of rotatable bonds is 12. The molecule has 25 heavy (non-hydrogen) atoms. The monoisotopic (exact) mass is 353 g/mol. The summed E-state index contributed by atoms with van der Waals surface area (Å²) in [5.41, 5.74) is 6.48. The summed E-state index contributed by atoms with van der Waals surface area (Å²) in [4.78, 5) is 30.3.